The molecule has 1 aromatic rings. The Balaban J connectivity index is 0.000000606. The van der Waals surface area contributed by atoms with Gasteiger partial charge < -0.3 is 9.47 Å². The van der Waals surface area contributed by atoms with Gasteiger partial charge in [0.2, 0.25) is 0 Å². The Morgan fingerprint density at radius 1 is 1.00 bits per heavy atom. The fourth-order valence-electron chi connectivity index (χ4n) is 1.52. The molecule has 1 aliphatic heterocycles. The van der Waals surface area contributed by atoms with Gasteiger partial charge in [-0.3, -0.25) is 0 Å². The molecule has 0 aliphatic carbocycles. The third-order valence-corrected chi connectivity index (χ3v) is 2.41. The number of aryl methyl sites for hydroxylation is 1. The molecule has 1 fully saturated rings. The molecule has 0 saturated carbocycles. The van der Waals surface area contributed by atoms with E-state index in [-0.39, 0.29) is 6.29 Å². The molecule has 0 atom stereocenters. The molecule has 0 spiro atoms. The van der Waals surface area contributed by atoms with Crippen molar-refractivity contribution in [1.29, 1.82) is 0 Å². The summed E-state index contributed by atoms with van der Waals surface area (Å²) in [5.41, 5.74) is 2.38. The van der Waals surface area contributed by atoms with Crippen LogP contribution in [0, 0.1) is 12.8 Å². The van der Waals surface area contributed by atoms with Crippen molar-refractivity contribution in [2.75, 3.05) is 13.2 Å². The van der Waals surface area contributed by atoms with Crippen LogP contribution in [-0.4, -0.2) is 13.2 Å². The van der Waals surface area contributed by atoms with Crippen molar-refractivity contribution in [2.24, 2.45) is 5.92 Å². The van der Waals surface area contributed by atoms with Crippen LogP contribution in [0.15, 0.2) is 24.3 Å². The van der Waals surface area contributed by atoms with Gasteiger partial charge in [-0.2, -0.15) is 0 Å². The predicted molar refractivity (Wildman–Crippen MR) is 66.3 cm³/mol. The van der Waals surface area contributed by atoms with Crippen LogP contribution < -0.4 is 0 Å². The molecule has 2 heteroatoms. The van der Waals surface area contributed by atoms with Crippen LogP contribution in [0.25, 0.3) is 0 Å². The Hall–Kier alpha value is -0.860. The van der Waals surface area contributed by atoms with Crippen LogP contribution in [-0.2, 0) is 9.47 Å². The monoisotopic (exact) mass is 222 g/mol. The van der Waals surface area contributed by atoms with E-state index in [0.717, 1.165) is 18.8 Å². The molecular weight excluding hydrogens is 200 g/mol. The largest absolute Gasteiger partial charge is 0.348 e. The maximum absolute atomic E-state index is 5.59. The van der Waals surface area contributed by atoms with Crippen LogP contribution in [0.3, 0.4) is 0 Å². The fourth-order valence-corrected chi connectivity index (χ4v) is 1.52. The smallest absolute Gasteiger partial charge is 0.183 e. The zero-order valence-corrected chi connectivity index (χ0v) is 10.7. The third kappa shape index (κ3) is 3.62. The third-order valence-electron chi connectivity index (χ3n) is 2.41. The first-order valence-electron chi connectivity index (χ1n) is 6.05. The van der Waals surface area contributed by atoms with E-state index in [9.17, 15) is 0 Å². The highest BCUT2D eigenvalue weighted by molar-refractivity contribution is 5.22. The lowest BCUT2D eigenvalue weighted by atomic mass is 10.1. The molecule has 90 valence electrons. The summed E-state index contributed by atoms with van der Waals surface area (Å²) < 4.78 is 11.2. The second-order valence-electron chi connectivity index (χ2n) is 4.01. The van der Waals surface area contributed by atoms with Gasteiger partial charge in [0, 0.05) is 11.5 Å². The maximum atomic E-state index is 5.59. The van der Waals surface area contributed by atoms with E-state index in [4.69, 9.17) is 9.47 Å². The van der Waals surface area contributed by atoms with Crippen molar-refractivity contribution >= 4 is 0 Å². The molecule has 1 saturated heterocycles. The lowest BCUT2D eigenvalue weighted by Gasteiger charge is -2.27. The quantitative estimate of drug-likeness (QED) is 0.721. The van der Waals surface area contributed by atoms with Gasteiger partial charge in [0.05, 0.1) is 13.2 Å². The molecular formula is C14H22O2. The predicted octanol–water partition coefficient (Wildman–Crippen LogP) is 3.70. The molecule has 16 heavy (non-hydrogen) atoms. The number of hydrogen-bond acceptors (Lipinski definition) is 2. The summed E-state index contributed by atoms with van der Waals surface area (Å²) in [6.45, 7) is 9.79. The normalized spacial score (nSPS) is 24.5. The van der Waals surface area contributed by atoms with Crippen LogP contribution >= 0.6 is 0 Å². The standard InChI is InChI=1S/C12H16O2.C2H6/c1-9-3-5-11(6-4-9)12-13-7-10(2)8-14-12;1-2/h3-6,10,12H,7-8H2,1-2H3;1-2H3. The zero-order chi connectivity index (χ0) is 12.0. The minimum Gasteiger partial charge on any atom is -0.348 e. The number of benzene rings is 1. The van der Waals surface area contributed by atoms with Gasteiger partial charge in [0.15, 0.2) is 6.29 Å². The van der Waals surface area contributed by atoms with E-state index in [1.807, 2.05) is 13.8 Å². The van der Waals surface area contributed by atoms with E-state index in [0.29, 0.717) is 5.92 Å². The van der Waals surface area contributed by atoms with Crippen molar-refractivity contribution < 1.29 is 9.47 Å². The van der Waals surface area contributed by atoms with Crippen LogP contribution in [0.4, 0.5) is 0 Å². The van der Waals surface area contributed by atoms with Crippen molar-refractivity contribution in [3.63, 3.8) is 0 Å². The molecule has 1 heterocycles. The summed E-state index contributed by atoms with van der Waals surface area (Å²) >= 11 is 0. The summed E-state index contributed by atoms with van der Waals surface area (Å²) in [6, 6.07) is 8.30. The molecule has 0 N–H and O–H groups in total. The molecule has 0 unspecified atom stereocenters. The second-order valence-corrected chi connectivity index (χ2v) is 4.01. The summed E-state index contributed by atoms with van der Waals surface area (Å²) in [5.74, 6) is 0.511. The number of hydrogen-bond donors (Lipinski definition) is 0. The van der Waals surface area contributed by atoms with Gasteiger partial charge in [0.1, 0.15) is 0 Å². The number of rotatable bonds is 1. The average molecular weight is 222 g/mol. The molecule has 0 bridgehead atoms. The first-order chi connectivity index (χ1) is 7.75. The van der Waals surface area contributed by atoms with Crippen LogP contribution in [0.2, 0.25) is 0 Å². The minimum absolute atomic E-state index is 0.160. The van der Waals surface area contributed by atoms with Gasteiger partial charge in [0.25, 0.3) is 0 Å². The first kappa shape index (κ1) is 13.2. The SMILES string of the molecule is CC.Cc1ccc(C2OCC(C)CO2)cc1. The summed E-state index contributed by atoms with van der Waals surface area (Å²) in [5, 5.41) is 0. The molecule has 0 amide bonds. The highest BCUT2D eigenvalue weighted by Gasteiger charge is 2.20. The molecule has 0 radical (unpaired) electrons. The Morgan fingerprint density at radius 3 is 2.00 bits per heavy atom. The lowest BCUT2D eigenvalue weighted by Crippen LogP contribution is -2.24. The van der Waals surface area contributed by atoms with Crippen molar-refractivity contribution in [2.45, 2.75) is 34.0 Å². The Kier molecular flexibility index (Phi) is 5.50. The van der Waals surface area contributed by atoms with E-state index >= 15 is 0 Å². The van der Waals surface area contributed by atoms with E-state index in [1.54, 1.807) is 0 Å². The fraction of sp³-hybridized carbons (Fsp3) is 0.571. The maximum Gasteiger partial charge on any atom is 0.183 e. The lowest BCUT2D eigenvalue weighted by molar-refractivity contribution is -0.202. The first-order valence-corrected chi connectivity index (χ1v) is 6.05. The summed E-state index contributed by atoms with van der Waals surface area (Å²) in [7, 11) is 0. The highest BCUT2D eigenvalue weighted by Crippen LogP contribution is 2.24. The van der Waals surface area contributed by atoms with Crippen LogP contribution in [0.1, 0.15) is 38.2 Å². The molecule has 2 rings (SSSR count). The van der Waals surface area contributed by atoms with Crippen molar-refractivity contribution in [3.05, 3.63) is 35.4 Å². The minimum atomic E-state index is -0.160. The van der Waals surface area contributed by atoms with Gasteiger partial charge in [-0.15, -0.1) is 0 Å². The Morgan fingerprint density at radius 2 is 1.50 bits per heavy atom. The van der Waals surface area contributed by atoms with Crippen molar-refractivity contribution in [1.82, 2.24) is 0 Å². The molecule has 0 aromatic heterocycles. The van der Waals surface area contributed by atoms with Crippen molar-refractivity contribution in [3.8, 4) is 0 Å². The van der Waals surface area contributed by atoms with E-state index in [1.165, 1.54) is 5.56 Å². The van der Waals surface area contributed by atoms with Gasteiger partial charge in [-0.25, -0.2) is 0 Å². The molecule has 1 aliphatic rings. The highest BCUT2D eigenvalue weighted by atomic mass is 16.7. The molecule has 2 nitrogen and oxygen atoms in total. The second kappa shape index (κ2) is 6.66. The Labute approximate surface area is 98.6 Å². The number of ether oxygens (including phenoxy) is 2. The van der Waals surface area contributed by atoms with Gasteiger partial charge in [-0.1, -0.05) is 50.6 Å². The average Bonchev–Trinajstić information content (AvgIpc) is 2.34. The topological polar surface area (TPSA) is 18.5 Å². The van der Waals surface area contributed by atoms with E-state index in [2.05, 4.69) is 38.1 Å². The Bertz CT molecular complexity index is 284. The summed E-state index contributed by atoms with van der Waals surface area (Å²) in [4.78, 5) is 0. The zero-order valence-electron chi connectivity index (χ0n) is 10.7. The van der Waals surface area contributed by atoms with Gasteiger partial charge >= 0.3 is 0 Å². The molecule has 1 aromatic carbocycles. The van der Waals surface area contributed by atoms with Gasteiger partial charge in [-0.05, 0) is 6.92 Å². The van der Waals surface area contributed by atoms with Crippen LogP contribution in [0.5, 0.6) is 0 Å². The summed E-state index contributed by atoms with van der Waals surface area (Å²) in [6.07, 6.45) is -0.160. The van der Waals surface area contributed by atoms with E-state index < -0.39 is 0 Å².